The van der Waals surface area contributed by atoms with E-state index in [2.05, 4.69) is 10.6 Å². The molecule has 1 aliphatic heterocycles. The molecule has 0 fully saturated rings. The molecule has 192 valence electrons. The molecule has 2 amide bonds. The van der Waals surface area contributed by atoms with Gasteiger partial charge in [0.15, 0.2) is 0 Å². The maximum atomic E-state index is 13.3. The third kappa shape index (κ3) is 9.30. The van der Waals surface area contributed by atoms with Crippen molar-refractivity contribution in [2.24, 2.45) is 5.92 Å². The molecule has 0 spiro atoms. The molecular formula is C29H36N2O5. The number of hydrogen-bond acceptors (Lipinski definition) is 5. The fourth-order valence-electron chi connectivity index (χ4n) is 4.21. The average molecular weight is 493 g/mol. The first-order chi connectivity index (χ1) is 17.5. The predicted molar refractivity (Wildman–Crippen MR) is 138 cm³/mol. The Morgan fingerprint density at radius 3 is 2.47 bits per heavy atom. The third-order valence-corrected chi connectivity index (χ3v) is 6.23. The number of rotatable bonds is 7. The van der Waals surface area contributed by atoms with E-state index in [1.54, 1.807) is 0 Å². The number of benzene rings is 2. The van der Waals surface area contributed by atoms with Crippen LogP contribution >= 0.6 is 0 Å². The zero-order valence-electron chi connectivity index (χ0n) is 20.6. The second-order valence-corrected chi connectivity index (χ2v) is 9.15. The Kier molecular flexibility index (Phi) is 11.2. The van der Waals surface area contributed by atoms with Gasteiger partial charge in [0, 0.05) is 12.8 Å². The molecule has 7 heteroatoms. The van der Waals surface area contributed by atoms with Gasteiger partial charge in [0.25, 0.3) is 0 Å². The molecule has 0 saturated heterocycles. The van der Waals surface area contributed by atoms with Crippen molar-refractivity contribution >= 4 is 17.8 Å². The Hall–Kier alpha value is -3.45. The Labute approximate surface area is 212 Å². The summed E-state index contributed by atoms with van der Waals surface area (Å²) >= 11 is 0. The number of ether oxygens (including phenoxy) is 1. The van der Waals surface area contributed by atoms with Crippen LogP contribution in [0.4, 0.5) is 0 Å². The molecule has 7 nitrogen and oxygen atoms in total. The third-order valence-electron chi connectivity index (χ3n) is 6.23. The quantitative estimate of drug-likeness (QED) is 0.404. The first kappa shape index (κ1) is 27.1. The summed E-state index contributed by atoms with van der Waals surface area (Å²) in [5.41, 5.74) is 1.84. The van der Waals surface area contributed by atoms with E-state index in [1.165, 1.54) is 0 Å². The molecular weight excluding hydrogens is 456 g/mol. The summed E-state index contributed by atoms with van der Waals surface area (Å²) in [7, 11) is 0. The van der Waals surface area contributed by atoms with Crippen LogP contribution in [0.15, 0.2) is 72.8 Å². The molecule has 1 aliphatic rings. The molecule has 0 saturated carbocycles. The van der Waals surface area contributed by atoms with Crippen molar-refractivity contribution < 1.29 is 24.2 Å². The summed E-state index contributed by atoms with van der Waals surface area (Å²) in [6.07, 6.45) is 7.57. The van der Waals surface area contributed by atoms with Crippen molar-refractivity contribution in [1.29, 1.82) is 0 Å². The van der Waals surface area contributed by atoms with Crippen LogP contribution in [0.25, 0.3) is 0 Å². The summed E-state index contributed by atoms with van der Waals surface area (Å²) in [6, 6.07) is 18.0. The number of aliphatic hydroxyl groups is 1. The molecule has 0 aliphatic carbocycles. The minimum absolute atomic E-state index is 0.0112. The van der Waals surface area contributed by atoms with Gasteiger partial charge >= 0.3 is 5.97 Å². The smallest absolute Gasteiger partial charge is 0.305 e. The minimum atomic E-state index is -0.595. The fourth-order valence-corrected chi connectivity index (χ4v) is 4.21. The lowest BCUT2D eigenvalue weighted by molar-refractivity contribution is -0.145. The molecule has 0 bridgehead atoms. The summed E-state index contributed by atoms with van der Waals surface area (Å²) in [5.74, 6) is -1.44. The molecule has 3 unspecified atom stereocenters. The summed E-state index contributed by atoms with van der Waals surface area (Å²) < 4.78 is 5.46. The normalized spacial score (nSPS) is 20.5. The van der Waals surface area contributed by atoms with Crippen molar-refractivity contribution in [2.45, 2.75) is 57.0 Å². The van der Waals surface area contributed by atoms with Crippen LogP contribution in [0.3, 0.4) is 0 Å². The number of cyclic esters (lactones) is 1. The van der Waals surface area contributed by atoms with E-state index < -0.39 is 18.0 Å². The maximum absolute atomic E-state index is 13.3. The molecule has 2 aromatic rings. The highest BCUT2D eigenvalue weighted by Crippen LogP contribution is 2.19. The van der Waals surface area contributed by atoms with Crippen molar-refractivity contribution in [3.63, 3.8) is 0 Å². The number of esters is 1. The predicted octanol–water partition coefficient (Wildman–Crippen LogP) is 3.63. The lowest BCUT2D eigenvalue weighted by Crippen LogP contribution is -2.42. The highest BCUT2D eigenvalue weighted by molar-refractivity contribution is 5.86. The van der Waals surface area contributed by atoms with Crippen LogP contribution < -0.4 is 10.6 Å². The number of nitrogens with one attached hydrogen (secondary N) is 2. The Morgan fingerprint density at radius 2 is 1.75 bits per heavy atom. The molecule has 0 aromatic heterocycles. The maximum Gasteiger partial charge on any atom is 0.305 e. The number of carbonyl (C=O) groups excluding carboxylic acids is 3. The van der Waals surface area contributed by atoms with Gasteiger partial charge in [-0.2, -0.15) is 0 Å². The number of amides is 2. The molecule has 36 heavy (non-hydrogen) atoms. The van der Waals surface area contributed by atoms with Crippen molar-refractivity contribution in [2.75, 3.05) is 13.2 Å². The molecule has 3 N–H and O–H groups in total. The Bertz CT molecular complexity index is 993. The van der Waals surface area contributed by atoms with Crippen LogP contribution in [-0.2, 0) is 25.5 Å². The highest BCUT2D eigenvalue weighted by atomic mass is 16.5. The number of carbonyl (C=O) groups is 3. The average Bonchev–Trinajstić information content (AvgIpc) is 2.89. The van der Waals surface area contributed by atoms with Gasteiger partial charge in [-0.1, -0.05) is 72.8 Å². The molecule has 3 rings (SSSR count). The van der Waals surface area contributed by atoms with Gasteiger partial charge in [-0.15, -0.1) is 0 Å². The fraction of sp³-hybridized carbons (Fsp3) is 0.414. The van der Waals surface area contributed by atoms with E-state index >= 15 is 0 Å². The largest absolute Gasteiger partial charge is 0.463 e. The summed E-state index contributed by atoms with van der Waals surface area (Å²) in [6.45, 7) is -0.161. The lowest BCUT2D eigenvalue weighted by atomic mass is 9.97. The second-order valence-electron chi connectivity index (χ2n) is 9.15. The standard InChI is InChI=1S/C29H36N2O5/c32-20-25(18-22-12-6-4-7-13-22)30-27(33)19-24-16-8-2-1-3-11-17-28(34)36-21-26(31-29(24)35)23-14-9-5-10-15-23/h2,4-10,12-15,24-26,32H,1,3,11,16-21H2,(H,30,33)(H,31,35). The van der Waals surface area contributed by atoms with Crippen molar-refractivity contribution in [3.05, 3.63) is 83.9 Å². The SMILES string of the molecule is O=C(CC1CC=CCCCCC(=O)OCC(c2ccccc2)NC1=O)NC(CO)Cc1ccccc1. The van der Waals surface area contributed by atoms with E-state index in [9.17, 15) is 19.5 Å². The van der Waals surface area contributed by atoms with Crippen LogP contribution in [0.2, 0.25) is 0 Å². The van der Waals surface area contributed by atoms with Gasteiger partial charge in [-0.05, 0) is 43.2 Å². The number of aliphatic hydroxyl groups excluding tert-OH is 1. The van der Waals surface area contributed by atoms with E-state index in [1.807, 2.05) is 72.8 Å². The summed E-state index contributed by atoms with van der Waals surface area (Å²) in [4.78, 5) is 38.4. The van der Waals surface area contributed by atoms with Gasteiger partial charge in [0.1, 0.15) is 6.61 Å². The van der Waals surface area contributed by atoms with Gasteiger partial charge in [-0.3, -0.25) is 14.4 Å². The zero-order chi connectivity index (χ0) is 25.6. The van der Waals surface area contributed by atoms with Crippen LogP contribution in [-0.4, -0.2) is 42.1 Å². The molecule has 1 heterocycles. The second kappa shape index (κ2) is 14.8. The molecule has 0 radical (unpaired) electrons. The van der Waals surface area contributed by atoms with Crippen LogP contribution in [0, 0.1) is 5.92 Å². The Balaban J connectivity index is 1.70. The van der Waals surface area contributed by atoms with Crippen molar-refractivity contribution in [1.82, 2.24) is 10.6 Å². The van der Waals surface area contributed by atoms with E-state index in [4.69, 9.17) is 4.74 Å². The minimum Gasteiger partial charge on any atom is -0.463 e. The Morgan fingerprint density at radius 1 is 1.03 bits per heavy atom. The zero-order valence-corrected chi connectivity index (χ0v) is 20.6. The van der Waals surface area contributed by atoms with Crippen LogP contribution in [0.1, 0.15) is 55.7 Å². The van der Waals surface area contributed by atoms with Gasteiger partial charge < -0.3 is 20.5 Å². The number of allylic oxidation sites excluding steroid dienone is 2. The molecule has 2 aromatic carbocycles. The van der Waals surface area contributed by atoms with E-state index in [-0.39, 0.29) is 37.4 Å². The van der Waals surface area contributed by atoms with Crippen LogP contribution in [0.5, 0.6) is 0 Å². The summed E-state index contributed by atoms with van der Waals surface area (Å²) in [5, 5.41) is 15.7. The van der Waals surface area contributed by atoms with Gasteiger partial charge in [-0.25, -0.2) is 0 Å². The monoisotopic (exact) mass is 492 g/mol. The first-order valence-electron chi connectivity index (χ1n) is 12.6. The van der Waals surface area contributed by atoms with Gasteiger partial charge in [0.2, 0.25) is 11.8 Å². The van der Waals surface area contributed by atoms with E-state index in [0.29, 0.717) is 19.3 Å². The van der Waals surface area contributed by atoms with Gasteiger partial charge in [0.05, 0.1) is 24.6 Å². The number of hydrogen-bond donors (Lipinski definition) is 3. The lowest BCUT2D eigenvalue weighted by Gasteiger charge is -2.23. The van der Waals surface area contributed by atoms with Crippen molar-refractivity contribution in [3.8, 4) is 0 Å². The highest BCUT2D eigenvalue weighted by Gasteiger charge is 2.26. The topological polar surface area (TPSA) is 105 Å². The molecule has 3 atom stereocenters. The first-order valence-corrected chi connectivity index (χ1v) is 12.6. The van der Waals surface area contributed by atoms with E-state index in [0.717, 1.165) is 30.4 Å².